The zero-order valence-electron chi connectivity index (χ0n) is 13.6. The molecule has 0 saturated carbocycles. The summed E-state index contributed by atoms with van der Waals surface area (Å²) < 4.78 is 0. The van der Waals surface area contributed by atoms with Gasteiger partial charge in [0, 0.05) is 16.9 Å². The molecular formula is C19H18N2O2S. The number of hydrogen-bond donors (Lipinski definition) is 1. The Labute approximate surface area is 145 Å². The Kier molecular flexibility index (Phi) is 3.42. The van der Waals surface area contributed by atoms with Gasteiger partial charge in [0.25, 0.3) is 5.91 Å². The second-order valence-corrected chi connectivity index (χ2v) is 7.58. The second kappa shape index (κ2) is 5.38. The van der Waals surface area contributed by atoms with E-state index in [0.717, 1.165) is 16.9 Å². The number of carbonyl (C=O) groups excluding carboxylic acids is 2. The van der Waals surface area contributed by atoms with Crippen LogP contribution >= 0.6 is 11.8 Å². The Balaban J connectivity index is 1.84. The van der Waals surface area contributed by atoms with Crippen molar-refractivity contribution in [3.05, 3.63) is 59.7 Å². The average Bonchev–Trinajstić information content (AvgIpc) is 3.07. The summed E-state index contributed by atoms with van der Waals surface area (Å²) in [4.78, 5) is 26.1. The van der Waals surface area contributed by atoms with Crippen molar-refractivity contribution in [2.75, 3.05) is 16.0 Å². The molecule has 1 N–H and O–H groups in total. The third-order valence-corrected chi connectivity index (χ3v) is 6.03. The van der Waals surface area contributed by atoms with Gasteiger partial charge in [0.05, 0.1) is 5.75 Å². The number of rotatable bonds is 2. The molecule has 0 unspecified atom stereocenters. The van der Waals surface area contributed by atoms with E-state index in [4.69, 9.17) is 0 Å². The molecule has 2 aromatic rings. The molecule has 4 nitrogen and oxygen atoms in total. The van der Waals surface area contributed by atoms with Gasteiger partial charge in [0.15, 0.2) is 0 Å². The highest BCUT2D eigenvalue weighted by Gasteiger charge is 2.58. The van der Waals surface area contributed by atoms with Crippen LogP contribution in [0.25, 0.3) is 0 Å². The van der Waals surface area contributed by atoms with Crippen molar-refractivity contribution in [1.82, 2.24) is 0 Å². The molecular weight excluding hydrogens is 320 g/mol. The van der Waals surface area contributed by atoms with Crippen LogP contribution in [-0.2, 0) is 14.5 Å². The molecule has 4 rings (SSSR count). The van der Waals surface area contributed by atoms with Crippen molar-refractivity contribution in [1.29, 1.82) is 0 Å². The molecule has 24 heavy (non-hydrogen) atoms. The highest BCUT2D eigenvalue weighted by Crippen LogP contribution is 2.53. The third kappa shape index (κ3) is 2.01. The van der Waals surface area contributed by atoms with E-state index in [2.05, 4.69) is 19.2 Å². The van der Waals surface area contributed by atoms with Crippen LogP contribution in [0, 0.1) is 0 Å². The molecule has 0 bridgehead atoms. The smallest absolute Gasteiger partial charge is 0.266 e. The van der Waals surface area contributed by atoms with Gasteiger partial charge >= 0.3 is 0 Å². The highest BCUT2D eigenvalue weighted by molar-refractivity contribution is 8.02. The first-order valence-electron chi connectivity index (χ1n) is 8.02. The maximum Gasteiger partial charge on any atom is 0.266 e. The molecule has 0 aromatic heterocycles. The molecule has 2 aliphatic rings. The third-order valence-electron chi connectivity index (χ3n) is 4.63. The van der Waals surface area contributed by atoms with Gasteiger partial charge in [0.1, 0.15) is 0 Å². The maximum atomic E-state index is 12.8. The number of anilines is 2. The number of para-hydroxylation sites is 1. The normalized spacial score (nSPS) is 22.4. The van der Waals surface area contributed by atoms with E-state index in [1.807, 2.05) is 48.5 Å². The zero-order chi connectivity index (χ0) is 16.9. The minimum absolute atomic E-state index is 0.0378. The van der Waals surface area contributed by atoms with Crippen LogP contribution in [0.2, 0.25) is 0 Å². The van der Waals surface area contributed by atoms with Crippen LogP contribution in [0.4, 0.5) is 11.4 Å². The predicted molar refractivity (Wildman–Crippen MR) is 97.2 cm³/mol. The van der Waals surface area contributed by atoms with Crippen molar-refractivity contribution in [3.63, 3.8) is 0 Å². The first kappa shape index (κ1) is 15.3. The van der Waals surface area contributed by atoms with Crippen LogP contribution in [0.1, 0.15) is 30.9 Å². The van der Waals surface area contributed by atoms with Crippen LogP contribution in [0.5, 0.6) is 0 Å². The molecule has 2 aliphatic heterocycles. The topological polar surface area (TPSA) is 49.4 Å². The van der Waals surface area contributed by atoms with E-state index in [1.54, 1.807) is 4.90 Å². The average molecular weight is 338 g/mol. The van der Waals surface area contributed by atoms with Gasteiger partial charge in [-0.05, 0) is 29.7 Å². The molecule has 1 atom stereocenters. The van der Waals surface area contributed by atoms with Crippen LogP contribution < -0.4 is 10.2 Å². The number of carbonyl (C=O) groups is 2. The van der Waals surface area contributed by atoms with Gasteiger partial charge in [-0.25, -0.2) is 0 Å². The minimum Gasteiger partial charge on any atom is -0.323 e. The summed E-state index contributed by atoms with van der Waals surface area (Å²) in [5.74, 6) is 0.539. The number of amides is 2. The lowest BCUT2D eigenvalue weighted by molar-refractivity contribution is -0.122. The van der Waals surface area contributed by atoms with Crippen molar-refractivity contribution in [2.45, 2.75) is 24.6 Å². The van der Waals surface area contributed by atoms with E-state index >= 15 is 0 Å². The standard InChI is InChI=1S/C19H18N2O2S/c1-12(2)13-7-9-14(10-8-13)21-17(22)11-24-19(21)15-5-3-4-6-16(15)20-18(19)23/h3-10,12H,11H2,1-2H3,(H,20,23)/t19-/m0/s1. The molecule has 5 heteroatoms. The number of nitrogens with zero attached hydrogens (tertiary/aromatic N) is 1. The summed E-state index contributed by atoms with van der Waals surface area (Å²) in [7, 11) is 0. The molecule has 1 fully saturated rings. The number of fused-ring (bicyclic) bond motifs is 2. The Hall–Kier alpha value is -2.27. The summed E-state index contributed by atoms with van der Waals surface area (Å²) in [5, 5.41) is 2.93. The van der Waals surface area contributed by atoms with Gasteiger partial charge in [0.2, 0.25) is 10.8 Å². The Morgan fingerprint density at radius 3 is 2.50 bits per heavy atom. The monoisotopic (exact) mass is 338 g/mol. The van der Waals surface area contributed by atoms with Crippen molar-refractivity contribution < 1.29 is 9.59 Å². The van der Waals surface area contributed by atoms with Crippen LogP contribution in [0.3, 0.4) is 0 Å². The van der Waals surface area contributed by atoms with Gasteiger partial charge in [-0.2, -0.15) is 0 Å². The SMILES string of the molecule is CC(C)c1ccc(N2C(=O)CS[C@@]23C(=O)Nc2ccccc23)cc1. The van der Waals surface area contributed by atoms with Crippen LogP contribution in [0.15, 0.2) is 48.5 Å². The maximum absolute atomic E-state index is 12.8. The molecule has 2 aromatic carbocycles. The van der Waals surface area contributed by atoms with Crippen molar-refractivity contribution in [2.24, 2.45) is 0 Å². The molecule has 0 aliphatic carbocycles. The summed E-state index contributed by atoms with van der Waals surface area (Å²) in [6.45, 7) is 4.27. The molecule has 2 heterocycles. The Morgan fingerprint density at radius 2 is 1.79 bits per heavy atom. The Morgan fingerprint density at radius 1 is 1.08 bits per heavy atom. The van der Waals surface area contributed by atoms with E-state index in [9.17, 15) is 9.59 Å². The number of benzene rings is 2. The molecule has 1 spiro atoms. The predicted octanol–water partition coefficient (Wildman–Crippen LogP) is 3.69. The molecule has 2 amide bonds. The largest absolute Gasteiger partial charge is 0.323 e. The lowest BCUT2D eigenvalue weighted by Crippen LogP contribution is -2.47. The van der Waals surface area contributed by atoms with Gasteiger partial charge in [-0.15, -0.1) is 11.8 Å². The minimum atomic E-state index is -0.993. The fraction of sp³-hybridized carbons (Fsp3) is 0.263. The first-order chi connectivity index (χ1) is 11.5. The molecule has 0 radical (unpaired) electrons. The van der Waals surface area contributed by atoms with Gasteiger partial charge in [-0.1, -0.05) is 44.2 Å². The summed E-state index contributed by atoms with van der Waals surface area (Å²) in [5.41, 5.74) is 3.62. The number of hydrogen-bond acceptors (Lipinski definition) is 3. The fourth-order valence-electron chi connectivity index (χ4n) is 3.39. The van der Waals surface area contributed by atoms with E-state index in [-0.39, 0.29) is 11.8 Å². The van der Waals surface area contributed by atoms with E-state index in [0.29, 0.717) is 11.7 Å². The summed E-state index contributed by atoms with van der Waals surface area (Å²) in [6.07, 6.45) is 0. The zero-order valence-corrected chi connectivity index (χ0v) is 14.4. The number of nitrogens with one attached hydrogen (secondary N) is 1. The van der Waals surface area contributed by atoms with Crippen molar-refractivity contribution in [3.8, 4) is 0 Å². The fourth-order valence-corrected chi connectivity index (χ4v) is 4.70. The summed E-state index contributed by atoms with van der Waals surface area (Å²) in [6, 6.07) is 15.5. The van der Waals surface area contributed by atoms with E-state index < -0.39 is 4.87 Å². The Bertz CT molecular complexity index is 832. The second-order valence-electron chi connectivity index (χ2n) is 6.41. The number of thioether (sulfide) groups is 1. The molecule has 1 saturated heterocycles. The van der Waals surface area contributed by atoms with E-state index in [1.165, 1.54) is 17.3 Å². The van der Waals surface area contributed by atoms with Gasteiger partial charge in [-0.3, -0.25) is 14.5 Å². The first-order valence-corrected chi connectivity index (χ1v) is 9.00. The van der Waals surface area contributed by atoms with Gasteiger partial charge < -0.3 is 5.32 Å². The van der Waals surface area contributed by atoms with Crippen molar-refractivity contribution >= 4 is 35.0 Å². The lowest BCUT2D eigenvalue weighted by Gasteiger charge is -2.32. The van der Waals surface area contributed by atoms with Crippen LogP contribution in [-0.4, -0.2) is 17.6 Å². The molecule has 122 valence electrons. The lowest BCUT2D eigenvalue weighted by atomic mass is 10.0. The summed E-state index contributed by atoms with van der Waals surface area (Å²) >= 11 is 1.39. The quantitative estimate of drug-likeness (QED) is 0.908. The highest BCUT2D eigenvalue weighted by atomic mass is 32.2.